The van der Waals surface area contributed by atoms with Gasteiger partial charge in [0, 0.05) is 30.9 Å². The molecular formula is C21H29N5O3. The number of carbonyl (C=O) groups excluding carboxylic acids is 1. The predicted octanol–water partition coefficient (Wildman–Crippen LogP) is 2.20. The molecule has 2 heterocycles. The van der Waals surface area contributed by atoms with E-state index >= 15 is 0 Å². The SMILES string of the molecule is COc1cc(C(=O)N2CCC(N(C)Cc3nccc(N)n3)C2)ccc1OC(C)C. The molecule has 1 amide bonds. The molecule has 1 aromatic heterocycles. The first kappa shape index (κ1) is 20.9. The minimum absolute atomic E-state index is 0.00416. The first-order valence-electron chi connectivity index (χ1n) is 9.79. The molecule has 1 aliphatic heterocycles. The smallest absolute Gasteiger partial charge is 0.254 e. The number of aromatic nitrogens is 2. The van der Waals surface area contributed by atoms with Crippen molar-refractivity contribution in [3.8, 4) is 11.5 Å². The Kier molecular flexibility index (Phi) is 6.53. The molecule has 0 saturated carbocycles. The van der Waals surface area contributed by atoms with Gasteiger partial charge in [-0.3, -0.25) is 9.69 Å². The summed E-state index contributed by atoms with van der Waals surface area (Å²) in [6.45, 7) is 5.86. The molecule has 0 aliphatic carbocycles. The largest absolute Gasteiger partial charge is 0.493 e. The van der Waals surface area contributed by atoms with Crippen molar-refractivity contribution in [3.05, 3.63) is 41.9 Å². The van der Waals surface area contributed by atoms with E-state index < -0.39 is 0 Å². The summed E-state index contributed by atoms with van der Waals surface area (Å²) in [7, 11) is 3.60. The van der Waals surface area contributed by atoms with Gasteiger partial charge in [-0.2, -0.15) is 0 Å². The molecule has 2 aromatic rings. The Bertz CT molecular complexity index is 858. The average molecular weight is 399 g/mol. The molecule has 0 radical (unpaired) electrons. The number of ether oxygens (including phenoxy) is 2. The van der Waals surface area contributed by atoms with E-state index in [1.54, 1.807) is 37.6 Å². The molecule has 8 nitrogen and oxygen atoms in total. The van der Waals surface area contributed by atoms with Crippen LogP contribution in [0.5, 0.6) is 11.5 Å². The number of rotatable bonds is 7. The van der Waals surface area contributed by atoms with Gasteiger partial charge < -0.3 is 20.1 Å². The Morgan fingerprint density at radius 3 is 2.83 bits per heavy atom. The lowest BCUT2D eigenvalue weighted by atomic mass is 10.1. The van der Waals surface area contributed by atoms with E-state index in [0.29, 0.717) is 48.3 Å². The molecule has 0 bridgehead atoms. The molecule has 8 heteroatoms. The highest BCUT2D eigenvalue weighted by Crippen LogP contribution is 2.30. The van der Waals surface area contributed by atoms with Gasteiger partial charge in [-0.15, -0.1) is 0 Å². The van der Waals surface area contributed by atoms with Crippen LogP contribution in [0.1, 0.15) is 36.5 Å². The van der Waals surface area contributed by atoms with Crippen LogP contribution in [-0.4, -0.2) is 65.1 Å². The molecule has 1 aromatic carbocycles. The molecule has 2 N–H and O–H groups in total. The molecule has 29 heavy (non-hydrogen) atoms. The first-order chi connectivity index (χ1) is 13.9. The third-order valence-corrected chi connectivity index (χ3v) is 4.97. The molecular weight excluding hydrogens is 370 g/mol. The number of benzene rings is 1. The van der Waals surface area contributed by atoms with Crippen molar-refractivity contribution in [1.82, 2.24) is 19.8 Å². The topological polar surface area (TPSA) is 93.8 Å². The van der Waals surface area contributed by atoms with Gasteiger partial charge in [-0.1, -0.05) is 0 Å². The van der Waals surface area contributed by atoms with Crippen molar-refractivity contribution < 1.29 is 14.3 Å². The molecule has 1 unspecified atom stereocenters. The Labute approximate surface area is 171 Å². The van der Waals surface area contributed by atoms with Crippen LogP contribution in [0, 0.1) is 0 Å². The minimum atomic E-state index is -0.00416. The lowest BCUT2D eigenvalue weighted by molar-refractivity contribution is 0.0779. The van der Waals surface area contributed by atoms with Crippen LogP contribution >= 0.6 is 0 Å². The number of anilines is 1. The number of methoxy groups -OCH3 is 1. The fourth-order valence-electron chi connectivity index (χ4n) is 3.46. The van der Waals surface area contributed by atoms with E-state index in [0.717, 1.165) is 6.42 Å². The molecule has 1 saturated heterocycles. The number of likely N-dealkylation sites (tertiary alicyclic amines) is 1. The standard InChI is InChI=1S/C21H29N5O3/c1-14(2)29-17-6-5-15(11-18(17)28-4)21(27)26-10-8-16(12-26)25(3)13-20-23-9-7-19(22)24-20/h5-7,9,11,14,16H,8,10,12-13H2,1-4H3,(H2,22,23,24). The quantitative estimate of drug-likeness (QED) is 0.763. The Hall–Kier alpha value is -2.87. The van der Waals surface area contributed by atoms with Crippen LogP contribution in [0.3, 0.4) is 0 Å². The summed E-state index contributed by atoms with van der Waals surface area (Å²) in [5, 5.41) is 0. The van der Waals surface area contributed by atoms with E-state index in [-0.39, 0.29) is 18.1 Å². The van der Waals surface area contributed by atoms with Crippen molar-refractivity contribution >= 4 is 11.7 Å². The Morgan fingerprint density at radius 2 is 2.14 bits per heavy atom. The van der Waals surface area contributed by atoms with Gasteiger partial charge in [0.1, 0.15) is 11.6 Å². The number of likely N-dealkylation sites (N-methyl/N-ethyl adjacent to an activating group) is 1. The summed E-state index contributed by atoms with van der Waals surface area (Å²) in [5.74, 6) is 2.35. The maximum Gasteiger partial charge on any atom is 0.254 e. The maximum atomic E-state index is 13.0. The van der Waals surface area contributed by atoms with Gasteiger partial charge in [0.05, 0.1) is 19.8 Å². The van der Waals surface area contributed by atoms with Gasteiger partial charge >= 0.3 is 0 Å². The second-order valence-electron chi connectivity index (χ2n) is 7.54. The summed E-state index contributed by atoms with van der Waals surface area (Å²) >= 11 is 0. The summed E-state index contributed by atoms with van der Waals surface area (Å²) in [6.07, 6.45) is 2.59. The number of hydrogen-bond acceptors (Lipinski definition) is 7. The highest BCUT2D eigenvalue weighted by Gasteiger charge is 2.30. The van der Waals surface area contributed by atoms with Crippen LogP contribution in [0.15, 0.2) is 30.5 Å². The van der Waals surface area contributed by atoms with E-state index in [1.807, 2.05) is 25.8 Å². The van der Waals surface area contributed by atoms with Crippen molar-refractivity contribution in [2.75, 3.05) is 33.0 Å². The third-order valence-electron chi connectivity index (χ3n) is 4.97. The Balaban J connectivity index is 1.64. The summed E-state index contributed by atoms with van der Waals surface area (Å²) in [6, 6.07) is 7.25. The van der Waals surface area contributed by atoms with Gasteiger partial charge in [0.15, 0.2) is 11.5 Å². The summed E-state index contributed by atoms with van der Waals surface area (Å²) < 4.78 is 11.1. The van der Waals surface area contributed by atoms with E-state index in [4.69, 9.17) is 15.2 Å². The lowest BCUT2D eigenvalue weighted by Crippen LogP contribution is -2.36. The number of carbonyl (C=O) groups is 1. The maximum absolute atomic E-state index is 13.0. The van der Waals surface area contributed by atoms with Gasteiger partial charge in [-0.25, -0.2) is 9.97 Å². The third kappa shape index (κ3) is 5.14. The fourth-order valence-corrected chi connectivity index (χ4v) is 3.46. The first-order valence-corrected chi connectivity index (χ1v) is 9.79. The lowest BCUT2D eigenvalue weighted by Gasteiger charge is -2.24. The number of hydrogen-bond donors (Lipinski definition) is 1. The highest BCUT2D eigenvalue weighted by molar-refractivity contribution is 5.95. The number of amides is 1. The van der Waals surface area contributed by atoms with E-state index in [9.17, 15) is 4.79 Å². The molecule has 1 atom stereocenters. The monoisotopic (exact) mass is 399 g/mol. The minimum Gasteiger partial charge on any atom is -0.493 e. The van der Waals surface area contributed by atoms with Gasteiger partial charge in [0.25, 0.3) is 5.91 Å². The van der Waals surface area contributed by atoms with Crippen molar-refractivity contribution in [2.45, 2.75) is 39.0 Å². The van der Waals surface area contributed by atoms with Crippen LogP contribution < -0.4 is 15.2 Å². The fraction of sp³-hybridized carbons (Fsp3) is 0.476. The number of nitrogen functional groups attached to an aromatic ring is 1. The zero-order valence-corrected chi connectivity index (χ0v) is 17.5. The van der Waals surface area contributed by atoms with Gasteiger partial charge in [0.2, 0.25) is 0 Å². The zero-order valence-electron chi connectivity index (χ0n) is 17.5. The zero-order chi connectivity index (χ0) is 21.0. The molecule has 156 valence electrons. The molecule has 1 aliphatic rings. The second-order valence-corrected chi connectivity index (χ2v) is 7.54. The van der Waals surface area contributed by atoms with Gasteiger partial charge in [-0.05, 0) is 51.6 Å². The number of nitrogens with zero attached hydrogens (tertiary/aromatic N) is 4. The van der Waals surface area contributed by atoms with Crippen LogP contribution in [-0.2, 0) is 6.54 Å². The molecule has 1 fully saturated rings. The number of nitrogens with two attached hydrogens (primary N) is 1. The average Bonchev–Trinajstić information content (AvgIpc) is 3.17. The normalized spacial score (nSPS) is 16.5. The second kappa shape index (κ2) is 9.09. The van der Waals surface area contributed by atoms with Crippen LogP contribution in [0.25, 0.3) is 0 Å². The van der Waals surface area contributed by atoms with E-state index in [1.165, 1.54) is 0 Å². The molecule has 3 rings (SSSR count). The Morgan fingerprint density at radius 1 is 1.34 bits per heavy atom. The van der Waals surface area contributed by atoms with Crippen molar-refractivity contribution in [2.24, 2.45) is 0 Å². The van der Waals surface area contributed by atoms with Crippen molar-refractivity contribution in [3.63, 3.8) is 0 Å². The van der Waals surface area contributed by atoms with Crippen molar-refractivity contribution in [1.29, 1.82) is 0 Å². The van der Waals surface area contributed by atoms with E-state index in [2.05, 4.69) is 14.9 Å². The summed E-state index contributed by atoms with van der Waals surface area (Å²) in [4.78, 5) is 25.5. The van der Waals surface area contributed by atoms with Crippen LogP contribution in [0.4, 0.5) is 5.82 Å². The van der Waals surface area contributed by atoms with Crippen LogP contribution in [0.2, 0.25) is 0 Å². The highest BCUT2D eigenvalue weighted by atomic mass is 16.5. The predicted molar refractivity (Wildman–Crippen MR) is 111 cm³/mol. The molecule has 0 spiro atoms. The summed E-state index contributed by atoms with van der Waals surface area (Å²) in [5.41, 5.74) is 6.33.